The highest BCUT2D eigenvalue weighted by Gasteiger charge is 2.10. The topological polar surface area (TPSA) is 78.7 Å². The Morgan fingerprint density at radius 2 is 0.938 bits per heavy atom. The van der Waals surface area contributed by atoms with E-state index >= 15 is 0 Å². The van der Waals surface area contributed by atoms with Gasteiger partial charge in [-0.1, -0.05) is 24.3 Å². The van der Waals surface area contributed by atoms with Crippen molar-refractivity contribution in [1.29, 1.82) is 0 Å². The molecule has 0 aliphatic carbocycles. The van der Waals surface area contributed by atoms with Crippen molar-refractivity contribution in [1.82, 2.24) is 41.7 Å². The van der Waals surface area contributed by atoms with E-state index in [2.05, 4.69) is 66.0 Å². The van der Waals surface area contributed by atoms with Crippen LogP contribution in [0, 0.1) is 0 Å². The zero-order valence-corrected chi connectivity index (χ0v) is 19.9. The molecule has 2 saturated heterocycles. The van der Waals surface area contributed by atoms with E-state index in [0.29, 0.717) is 0 Å². The predicted molar refractivity (Wildman–Crippen MR) is 134 cm³/mol. The molecule has 2 aliphatic heterocycles. The summed E-state index contributed by atoms with van der Waals surface area (Å²) in [6.07, 6.45) is 2.37. The van der Waals surface area contributed by atoms with Gasteiger partial charge in [-0.25, -0.2) is 0 Å². The fourth-order valence-corrected chi connectivity index (χ4v) is 4.31. The smallest absolute Gasteiger partial charge is 0.0484 e. The normalized spacial score (nSPS) is 22.8. The second-order valence-corrected chi connectivity index (χ2v) is 8.95. The number of hydrogen-bond donors (Lipinski definition) is 6. The molecule has 0 bridgehead atoms. The first-order valence-electron chi connectivity index (χ1n) is 12.7. The summed E-state index contributed by atoms with van der Waals surface area (Å²) in [6, 6.07) is 9.20. The highest BCUT2D eigenvalue weighted by Crippen LogP contribution is 2.11. The van der Waals surface area contributed by atoms with E-state index in [-0.39, 0.29) is 0 Å². The second-order valence-electron chi connectivity index (χ2n) is 8.95. The second kappa shape index (κ2) is 16.5. The van der Waals surface area contributed by atoms with E-state index in [1.54, 1.807) is 0 Å². The molecule has 8 nitrogen and oxygen atoms in total. The van der Waals surface area contributed by atoms with Crippen molar-refractivity contribution in [2.24, 2.45) is 0 Å². The molecule has 0 saturated carbocycles. The third kappa shape index (κ3) is 11.2. The Morgan fingerprint density at radius 1 is 0.531 bits per heavy atom. The van der Waals surface area contributed by atoms with Crippen molar-refractivity contribution >= 4 is 0 Å². The molecule has 0 spiro atoms. The highest BCUT2D eigenvalue weighted by atomic mass is 15.2. The van der Waals surface area contributed by atoms with E-state index in [1.165, 1.54) is 24.0 Å². The maximum Gasteiger partial charge on any atom is 0.0484 e. The number of nitrogens with one attached hydrogen (secondary N) is 6. The van der Waals surface area contributed by atoms with Gasteiger partial charge in [0.2, 0.25) is 0 Å². The van der Waals surface area contributed by atoms with Gasteiger partial charge < -0.3 is 31.9 Å². The molecule has 8 heteroatoms. The first-order valence-corrected chi connectivity index (χ1v) is 12.7. The average Bonchev–Trinajstić information content (AvgIpc) is 2.78. The molecular weight excluding hydrogens is 400 g/mol. The number of nitrogens with zero attached hydrogens (tertiary/aromatic N) is 2. The monoisotopic (exact) mass is 446 g/mol. The number of benzene rings is 1. The maximum absolute atomic E-state index is 3.60. The summed E-state index contributed by atoms with van der Waals surface area (Å²) >= 11 is 0. The lowest BCUT2D eigenvalue weighted by Crippen LogP contribution is -2.41. The molecule has 0 unspecified atom stereocenters. The van der Waals surface area contributed by atoms with Crippen molar-refractivity contribution in [2.45, 2.75) is 25.9 Å². The van der Waals surface area contributed by atoms with Gasteiger partial charge in [0.1, 0.15) is 0 Å². The van der Waals surface area contributed by atoms with Gasteiger partial charge in [0, 0.05) is 91.9 Å². The standard InChI is InChI=1S/C24H46N8/c1-4-23(19-31-16-2-6-25-8-10-27-12-14-29-21-31)18-24(5-1)20-32-17-3-7-26-9-11-28-13-15-30-22-32/h1,4-5,18,25-30H,2-3,6-17,19-22H2. The molecule has 32 heavy (non-hydrogen) atoms. The van der Waals surface area contributed by atoms with Crippen LogP contribution in [0.4, 0.5) is 0 Å². The third-order valence-electron chi connectivity index (χ3n) is 6.04. The Hall–Kier alpha value is -1.10. The van der Waals surface area contributed by atoms with Gasteiger partial charge in [-0.2, -0.15) is 0 Å². The minimum atomic E-state index is 0.947. The van der Waals surface area contributed by atoms with Gasteiger partial charge in [-0.3, -0.25) is 9.80 Å². The van der Waals surface area contributed by atoms with Gasteiger partial charge in [0.25, 0.3) is 0 Å². The summed E-state index contributed by atoms with van der Waals surface area (Å²) in [5.41, 5.74) is 2.83. The SMILES string of the molecule is c1cc(CN2CCCNCCNCCNC2)cc(CN2CCCNCCNCCNC2)c1. The Kier molecular flexibility index (Phi) is 13.2. The van der Waals surface area contributed by atoms with Gasteiger partial charge in [0.15, 0.2) is 0 Å². The lowest BCUT2D eigenvalue weighted by Gasteiger charge is -2.25. The third-order valence-corrected chi connectivity index (χ3v) is 6.04. The van der Waals surface area contributed by atoms with Crippen molar-refractivity contribution in [3.8, 4) is 0 Å². The first-order chi connectivity index (χ1) is 15.9. The average molecular weight is 447 g/mol. The maximum atomic E-state index is 3.60. The molecular formula is C24H46N8. The molecule has 0 atom stereocenters. The molecule has 1 aromatic carbocycles. The molecule has 0 radical (unpaired) electrons. The van der Waals surface area contributed by atoms with E-state index < -0.39 is 0 Å². The lowest BCUT2D eigenvalue weighted by molar-refractivity contribution is 0.236. The number of rotatable bonds is 4. The van der Waals surface area contributed by atoms with Crippen molar-refractivity contribution in [3.05, 3.63) is 35.4 Å². The minimum Gasteiger partial charge on any atom is -0.315 e. The summed E-state index contributed by atoms with van der Waals surface area (Å²) in [5, 5.41) is 21.2. The summed E-state index contributed by atoms with van der Waals surface area (Å²) < 4.78 is 0. The van der Waals surface area contributed by atoms with E-state index in [0.717, 1.165) is 105 Å². The zero-order chi connectivity index (χ0) is 22.1. The zero-order valence-electron chi connectivity index (χ0n) is 19.9. The van der Waals surface area contributed by atoms with Crippen LogP contribution in [-0.2, 0) is 13.1 Å². The summed E-state index contributed by atoms with van der Waals surface area (Å²) in [5.74, 6) is 0. The molecule has 0 amide bonds. The summed E-state index contributed by atoms with van der Waals surface area (Å²) in [4.78, 5) is 5.08. The fourth-order valence-electron chi connectivity index (χ4n) is 4.31. The van der Waals surface area contributed by atoms with Gasteiger partial charge in [-0.15, -0.1) is 0 Å². The quantitative estimate of drug-likeness (QED) is 0.371. The minimum absolute atomic E-state index is 0.947. The largest absolute Gasteiger partial charge is 0.315 e. The lowest BCUT2D eigenvalue weighted by atomic mass is 10.1. The van der Waals surface area contributed by atoms with Crippen LogP contribution in [-0.4, -0.2) is 102 Å². The highest BCUT2D eigenvalue weighted by molar-refractivity contribution is 5.23. The predicted octanol–water partition coefficient (Wildman–Crippen LogP) is -0.449. The van der Waals surface area contributed by atoms with Crippen LogP contribution in [0.5, 0.6) is 0 Å². The van der Waals surface area contributed by atoms with E-state index in [9.17, 15) is 0 Å². The Morgan fingerprint density at radius 3 is 1.41 bits per heavy atom. The van der Waals surface area contributed by atoms with Crippen LogP contribution in [0.15, 0.2) is 24.3 Å². The van der Waals surface area contributed by atoms with Crippen LogP contribution < -0.4 is 31.9 Å². The molecule has 182 valence electrons. The molecule has 6 N–H and O–H groups in total. The molecule has 3 rings (SSSR count). The van der Waals surface area contributed by atoms with Crippen molar-refractivity contribution in [2.75, 3.05) is 91.9 Å². The Balaban J connectivity index is 1.51. The van der Waals surface area contributed by atoms with Crippen molar-refractivity contribution in [3.63, 3.8) is 0 Å². The van der Waals surface area contributed by atoms with Gasteiger partial charge >= 0.3 is 0 Å². The van der Waals surface area contributed by atoms with Crippen LogP contribution >= 0.6 is 0 Å². The fraction of sp³-hybridized carbons (Fsp3) is 0.750. The van der Waals surface area contributed by atoms with Gasteiger partial charge in [-0.05, 0) is 37.1 Å². The van der Waals surface area contributed by atoms with E-state index in [4.69, 9.17) is 0 Å². The molecule has 1 aromatic rings. The van der Waals surface area contributed by atoms with Crippen molar-refractivity contribution < 1.29 is 0 Å². The van der Waals surface area contributed by atoms with Crippen LogP contribution in [0.2, 0.25) is 0 Å². The Labute approximate surface area is 195 Å². The number of hydrogen-bond acceptors (Lipinski definition) is 8. The molecule has 0 aromatic heterocycles. The first kappa shape index (κ1) is 25.5. The molecule has 2 fully saturated rings. The van der Waals surface area contributed by atoms with E-state index in [1.807, 2.05) is 0 Å². The van der Waals surface area contributed by atoms with Crippen LogP contribution in [0.3, 0.4) is 0 Å². The summed E-state index contributed by atoms with van der Waals surface area (Å²) in [7, 11) is 0. The Bertz CT molecular complexity index is 528. The van der Waals surface area contributed by atoms with Crippen LogP contribution in [0.25, 0.3) is 0 Å². The molecule has 2 aliphatic rings. The van der Waals surface area contributed by atoms with Gasteiger partial charge in [0.05, 0.1) is 0 Å². The van der Waals surface area contributed by atoms with Crippen LogP contribution in [0.1, 0.15) is 24.0 Å². The molecule has 2 heterocycles. The summed E-state index contributed by atoms with van der Waals surface area (Å²) in [6.45, 7) is 16.6.